The Hall–Kier alpha value is -5.22. The minimum Gasteiger partial charge on any atom is -0.497 e. The van der Waals surface area contributed by atoms with E-state index in [9.17, 15) is 10.1 Å². The summed E-state index contributed by atoms with van der Waals surface area (Å²) in [5.74, 6) is 2.13. The van der Waals surface area contributed by atoms with Crippen LogP contribution in [-0.4, -0.2) is 26.7 Å². The number of hydrogen-bond acceptors (Lipinski definition) is 6. The fraction of sp³-hybridized carbons (Fsp3) is 0.0968. The Morgan fingerprint density at radius 3 is 2.29 bits per heavy atom. The first-order valence-corrected chi connectivity index (χ1v) is 13.3. The van der Waals surface area contributed by atoms with Crippen LogP contribution in [0.3, 0.4) is 0 Å². The highest BCUT2D eigenvalue weighted by atomic mass is 32.1. The molecule has 3 aromatic carbocycles. The summed E-state index contributed by atoms with van der Waals surface area (Å²) in [5, 5.41) is 15.5. The first kappa shape index (κ1) is 26.0. The summed E-state index contributed by atoms with van der Waals surface area (Å²) in [5.41, 5.74) is 3.29. The number of thiocarbonyl (C=S) groups is 1. The molecule has 0 amide bonds. The highest BCUT2D eigenvalue weighted by Gasteiger charge is 2.42. The van der Waals surface area contributed by atoms with Gasteiger partial charge in [0.25, 0.3) is 5.69 Å². The standard InChI is InChI=1S/C31H25N5O4S/c1-39-24-14-16-26(17-15-24)40-25-12-10-21(11-13-25)35-30(29(33-31(35)41)27-8-2-3-18-32-27)28-9-5-19-34(28)22-6-4-7-23(20-22)36(37)38/h2-20,29-30H,1H3,(H,33,41)/t29-,30-/m0/s1. The van der Waals surface area contributed by atoms with Crippen LogP contribution in [0.2, 0.25) is 0 Å². The molecule has 0 saturated carbocycles. The van der Waals surface area contributed by atoms with Crippen LogP contribution >= 0.6 is 12.2 Å². The Bertz CT molecular complexity index is 1690. The Morgan fingerprint density at radius 1 is 0.878 bits per heavy atom. The zero-order chi connectivity index (χ0) is 28.3. The van der Waals surface area contributed by atoms with Crippen LogP contribution in [0.25, 0.3) is 5.69 Å². The van der Waals surface area contributed by atoms with Gasteiger partial charge in [0.05, 0.1) is 29.5 Å². The molecule has 0 radical (unpaired) electrons. The van der Waals surface area contributed by atoms with E-state index in [4.69, 9.17) is 21.7 Å². The van der Waals surface area contributed by atoms with E-state index in [1.165, 1.54) is 6.07 Å². The lowest BCUT2D eigenvalue weighted by molar-refractivity contribution is -0.384. The summed E-state index contributed by atoms with van der Waals surface area (Å²) in [6.45, 7) is 0. The van der Waals surface area contributed by atoms with Gasteiger partial charge in [-0.25, -0.2) is 0 Å². The molecule has 0 bridgehead atoms. The quantitative estimate of drug-likeness (QED) is 0.126. The lowest BCUT2D eigenvalue weighted by Crippen LogP contribution is -2.30. The number of methoxy groups -OCH3 is 1. The SMILES string of the molecule is COc1ccc(Oc2ccc(N3C(=S)N[C@@H](c4ccccn4)[C@@H]3c3cccn3-c3cccc([N+](=O)[O-])c3)cc2)cc1. The highest BCUT2D eigenvalue weighted by molar-refractivity contribution is 7.80. The third-order valence-corrected chi connectivity index (χ3v) is 7.22. The predicted octanol–water partition coefficient (Wildman–Crippen LogP) is 6.76. The van der Waals surface area contributed by atoms with Gasteiger partial charge in [0.2, 0.25) is 0 Å². The number of nitro benzene ring substituents is 1. The van der Waals surface area contributed by atoms with Crippen LogP contribution in [0.1, 0.15) is 23.5 Å². The second-order valence-corrected chi connectivity index (χ2v) is 9.73. The van der Waals surface area contributed by atoms with Gasteiger partial charge in [-0.1, -0.05) is 12.1 Å². The fourth-order valence-corrected chi connectivity index (χ4v) is 5.36. The number of benzene rings is 3. The van der Waals surface area contributed by atoms with E-state index < -0.39 is 4.92 Å². The van der Waals surface area contributed by atoms with Crippen molar-refractivity contribution in [1.82, 2.24) is 14.9 Å². The molecule has 9 nitrogen and oxygen atoms in total. The summed E-state index contributed by atoms with van der Waals surface area (Å²) >= 11 is 5.87. The predicted molar refractivity (Wildman–Crippen MR) is 160 cm³/mol. The number of hydrogen-bond donors (Lipinski definition) is 1. The molecule has 0 unspecified atom stereocenters. The Labute approximate surface area is 241 Å². The fourth-order valence-electron chi connectivity index (χ4n) is 5.01. The van der Waals surface area contributed by atoms with Crippen LogP contribution in [0.4, 0.5) is 11.4 Å². The number of ether oxygens (including phenoxy) is 2. The van der Waals surface area contributed by atoms with Gasteiger partial charge in [-0.15, -0.1) is 0 Å². The summed E-state index contributed by atoms with van der Waals surface area (Å²) in [6, 6.07) is 30.8. The van der Waals surface area contributed by atoms with Gasteiger partial charge in [0, 0.05) is 35.9 Å². The molecule has 41 heavy (non-hydrogen) atoms. The number of aromatic nitrogens is 2. The van der Waals surface area contributed by atoms with Crippen molar-refractivity contribution < 1.29 is 14.4 Å². The lowest BCUT2D eigenvalue weighted by atomic mass is 10.0. The van der Waals surface area contributed by atoms with Crippen molar-refractivity contribution in [2.75, 3.05) is 12.0 Å². The number of anilines is 1. The smallest absolute Gasteiger partial charge is 0.271 e. The molecule has 2 aromatic heterocycles. The monoisotopic (exact) mass is 563 g/mol. The number of nitrogens with one attached hydrogen (secondary N) is 1. The minimum atomic E-state index is -0.391. The van der Waals surface area contributed by atoms with Crippen LogP contribution in [0, 0.1) is 10.1 Å². The summed E-state index contributed by atoms with van der Waals surface area (Å²) in [7, 11) is 1.62. The Morgan fingerprint density at radius 2 is 1.61 bits per heavy atom. The van der Waals surface area contributed by atoms with Crippen molar-refractivity contribution in [2.45, 2.75) is 12.1 Å². The van der Waals surface area contributed by atoms with Gasteiger partial charge < -0.3 is 24.3 Å². The van der Waals surface area contributed by atoms with E-state index in [1.807, 2.05) is 95.7 Å². The van der Waals surface area contributed by atoms with Crippen LogP contribution in [0.5, 0.6) is 17.2 Å². The Balaban J connectivity index is 1.38. The normalized spacial score (nSPS) is 16.3. The molecule has 1 N–H and O–H groups in total. The van der Waals surface area contributed by atoms with E-state index in [-0.39, 0.29) is 17.8 Å². The maximum atomic E-state index is 11.5. The summed E-state index contributed by atoms with van der Waals surface area (Å²) < 4.78 is 13.2. The highest BCUT2D eigenvalue weighted by Crippen LogP contribution is 2.43. The number of non-ortho nitro benzene ring substituents is 1. The molecule has 1 fully saturated rings. The van der Waals surface area contributed by atoms with Gasteiger partial charge in [-0.05, 0) is 91.1 Å². The lowest BCUT2D eigenvalue weighted by Gasteiger charge is -2.29. The van der Waals surface area contributed by atoms with Crippen LogP contribution in [0.15, 0.2) is 116 Å². The minimum absolute atomic E-state index is 0.0211. The molecule has 0 spiro atoms. The average molecular weight is 564 g/mol. The number of nitro groups is 1. The molecule has 204 valence electrons. The largest absolute Gasteiger partial charge is 0.497 e. The molecule has 10 heteroatoms. The van der Waals surface area contributed by atoms with Gasteiger partial charge in [-0.2, -0.15) is 0 Å². The number of rotatable bonds is 8. The van der Waals surface area contributed by atoms with Crippen molar-refractivity contribution >= 4 is 28.7 Å². The zero-order valence-electron chi connectivity index (χ0n) is 22.0. The summed E-state index contributed by atoms with van der Waals surface area (Å²) in [6.07, 6.45) is 3.65. The molecule has 5 aromatic rings. The third kappa shape index (κ3) is 5.20. The van der Waals surface area contributed by atoms with E-state index in [2.05, 4.69) is 15.2 Å². The van der Waals surface area contributed by atoms with Crippen LogP contribution in [-0.2, 0) is 0 Å². The van der Waals surface area contributed by atoms with Crippen molar-refractivity contribution in [3.05, 3.63) is 137 Å². The zero-order valence-corrected chi connectivity index (χ0v) is 22.8. The van der Waals surface area contributed by atoms with E-state index in [1.54, 1.807) is 25.4 Å². The molecule has 1 aliphatic heterocycles. The molecule has 2 atom stereocenters. The first-order chi connectivity index (χ1) is 20.0. The van der Waals surface area contributed by atoms with Crippen molar-refractivity contribution in [2.24, 2.45) is 0 Å². The van der Waals surface area contributed by atoms with Crippen molar-refractivity contribution in [3.8, 4) is 22.9 Å². The Kier molecular flexibility index (Phi) is 7.05. The van der Waals surface area contributed by atoms with Crippen molar-refractivity contribution in [3.63, 3.8) is 0 Å². The van der Waals surface area contributed by atoms with Crippen molar-refractivity contribution in [1.29, 1.82) is 0 Å². The second-order valence-electron chi connectivity index (χ2n) is 9.35. The van der Waals surface area contributed by atoms with E-state index >= 15 is 0 Å². The molecular formula is C31H25N5O4S. The number of pyridine rings is 1. The third-order valence-electron chi connectivity index (χ3n) is 6.91. The number of nitrogens with zero attached hydrogens (tertiary/aromatic N) is 4. The average Bonchev–Trinajstić information content (AvgIpc) is 3.63. The molecular weight excluding hydrogens is 538 g/mol. The molecule has 6 rings (SSSR count). The second kappa shape index (κ2) is 11.1. The van der Waals surface area contributed by atoms with E-state index in [0.717, 1.165) is 22.8 Å². The van der Waals surface area contributed by atoms with Gasteiger partial charge >= 0.3 is 0 Å². The first-order valence-electron chi connectivity index (χ1n) is 12.9. The van der Waals surface area contributed by atoms with Gasteiger partial charge in [0.15, 0.2) is 5.11 Å². The summed E-state index contributed by atoms with van der Waals surface area (Å²) in [4.78, 5) is 17.8. The van der Waals surface area contributed by atoms with Gasteiger partial charge in [0.1, 0.15) is 23.3 Å². The molecule has 1 saturated heterocycles. The molecule has 0 aliphatic carbocycles. The van der Waals surface area contributed by atoms with E-state index in [0.29, 0.717) is 22.3 Å². The maximum absolute atomic E-state index is 11.5. The topological polar surface area (TPSA) is 94.7 Å². The van der Waals surface area contributed by atoms with Gasteiger partial charge in [-0.3, -0.25) is 15.1 Å². The maximum Gasteiger partial charge on any atom is 0.271 e. The van der Waals surface area contributed by atoms with Crippen LogP contribution < -0.4 is 19.7 Å². The molecule has 1 aliphatic rings. The molecule has 3 heterocycles.